The van der Waals surface area contributed by atoms with Crippen molar-refractivity contribution in [2.24, 2.45) is 0 Å². The SMILES string of the molecule is CCN(C(=O)CCCNc1ncnc2sc(C)c(-c3ccccc3)c12)c1ccccc1. The third-order valence-corrected chi connectivity index (χ3v) is 6.28. The summed E-state index contributed by atoms with van der Waals surface area (Å²) < 4.78 is 0. The van der Waals surface area contributed by atoms with Crippen molar-refractivity contribution in [1.82, 2.24) is 9.97 Å². The minimum atomic E-state index is 0.139. The highest BCUT2D eigenvalue weighted by atomic mass is 32.1. The number of carbonyl (C=O) groups is 1. The molecule has 0 aliphatic heterocycles. The van der Waals surface area contributed by atoms with Gasteiger partial charge in [0, 0.05) is 35.6 Å². The molecule has 0 fully saturated rings. The van der Waals surface area contributed by atoms with E-state index in [4.69, 9.17) is 0 Å². The molecule has 0 bridgehead atoms. The average molecular weight is 431 g/mol. The quantitative estimate of drug-likeness (QED) is 0.353. The molecule has 0 aliphatic rings. The Morgan fingerprint density at radius 2 is 1.74 bits per heavy atom. The van der Waals surface area contributed by atoms with Gasteiger partial charge in [-0.3, -0.25) is 4.79 Å². The van der Waals surface area contributed by atoms with Crippen LogP contribution in [0, 0.1) is 6.92 Å². The Morgan fingerprint density at radius 1 is 1.03 bits per heavy atom. The van der Waals surface area contributed by atoms with Gasteiger partial charge in [0.1, 0.15) is 17.0 Å². The molecule has 158 valence electrons. The molecule has 1 N–H and O–H groups in total. The summed E-state index contributed by atoms with van der Waals surface area (Å²) in [5.74, 6) is 0.968. The molecular formula is C25H26N4OS. The molecule has 6 heteroatoms. The van der Waals surface area contributed by atoms with E-state index in [2.05, 4.69) is 34.3 Å². The number of carbonyl (C=O) groups excluding carboxylic acids is 1. The molecule has 0 radical (unpaired) electrons. The number of para-hydroxylation sites is 1. The number of aromatic nitrogens is 2. The molecule has 1 amide bonds. The van der Waals surface area contributed by atoms with E-state index in [9.17, 15) is 4.79 Å². The van der Waals surface area contributed by atoms with Gasteiger partial charge < -0.3 is 10.2 Å². The monoisotopic (exact) mass is 430 g/mol. The first-order chi connectivity index (χ1) is 15.2. The number of amides is 1. The maximum absolute atomic E-state index is 12.7. The standard InChI is InChI=1S/C25H26N4OS/c1-3-29(20-13-8-5-9-14-20)21(30)15-10-16-26-24-23-22(19-11-6-4-7-12-19)18(2)31-25(23)28-17-27-24/h4-9,11-14,17H,3,10,15-16H2,1-2H3,(H,26,27,28). The molecule has 4 rings (SSSR count). The van der Waals surface area contributed by atoms with Crippen LogP contribution in [0.25, 0.3) is 21.3 Å². The Morgan fingerprint density at radius 3 is 2.45 bits per heavy atom. The van der Waals surface area contributed by atoms with E-state index >= 15 is 0 Å². The number of hydrogen-bond donors (Lipinski definition) is 1. The zero-order valence-electron chi connectivity index (χ0n) is 17.8. The molecule has 2 heterocycles. The van der Waals surface area contributed by atoms with Crippen LogP contribution in [-0.4, -0.2) is 29.0 Å². The summed E-state index contributed by atoms with van der Waals surface area (Å²) in [6, 6.07) is 20.2. The van der Waals surface area contributed by atoms with E-state index in [1.165, 1.54) is 16.0 Å². The molecule has 0 saturated heterocycles. The van der Waals surface area contributed by atoms with Gasteiger partial charge in [0.15, 0.2) is 0 Å². The highest BCUT2D eigenvalue weighted by Crippen LogP contribution is 2.40. The van der Waals surface area contributed by atoms with Gasteiger partial charge >= 0.3 is 0 Å². The Balaban J connectivity index is 1.46. The van der Waals surface area contributed by atoms with Crippen molar-refractivity contribution in [1.29, 1.82) is 0 Å². The topological polar surface area (TPSA) is 58.1 Å². The lowest BCUT2D eigenvalue weighted by Gasteiger charge is -2.21. The highest BCUT2D eigenvalue weighted by Gasteiger charge is 2.17. The fourth-order valence-electron chi connectivity index (χ4n) is 3.82. The van der Waals surface area contributed by atoms with Gasteiger partial charge in [0.25, 0.3) is 0 Å². The van der Waals surface area contributed by atoms with Crippen LogP contribution in [-0.2, 0) is 4.79 Å². The molecule has 0 saturated carbocycles. The predicted octanol–water partition coefficient (Wildman–Crippen LogP) is 5.91. The minimum absolute atomic E-state index is 0.139. The van der Waals surface area contributed by atoms with E-state index in [1.807, 2.05) is 60.4 Å². The number of nitrogens with one attached hydrogen (secondary N) is 1. The zero-order chi connectivity index (χ0) is 21.6. The third-order valence-electron chi connectivity index (χ3n) is 5.27. The summed E-state index contributed by atoms with van der Waals surface area (Å²) in [7, 11) is 0. The number of aryl methyl sites for hydroxylation is 1. The summed E-state index contributed by atoms with van der Waals surface area (Å²) >= 11 is 1.68. The predicted molar refractivity (Wildman–Crippen MR) is 130 cm³/mol. The number of hydrogen-bond acceptors (Lipinski definition) is 5. The van der Waals surface area contributed by atoms with Crippen LogP contribution in [0.5, 0.6) is 0 Å². The molecule has 0 unspecified atom stereocenters. The maximum Gasteiger partial charge on any atom is 0.227 e. The lowest BCUT2D eigenvalue weighted by Crippen LogP contribution is -2.30. The van der Waals surface area contributed by atoms with Crippen LogP contribution in [0.2, 0.25) is 0 Å². The second kappa shape index (κ2) is 9.71. The molecular weight excluding hydrogens is 404 g/mol. The Bertz CT molecular complexity index is 1160. The van der Waals surface area contributed by atoms with Gasteiger partial charge in [-0.15, -0.1) is 11.3 Å². The Kier molecular flexibility index (Phi) is 6.57. The van der Waals surface area contributed by atoms with Gasteiger partial charge in [-0.25, -0.2) is 9.97 Å². The van der Waals surface area contributed by atoms with E-state index < -0.39 is 0 Å². The highest BCUT2D eigenvalue weighted by molar-refractivity contribution is 7.19. The normalized spacial score (nSPS) is 10.9. The van der Waals surface area contributed by atoms with Crippen molar-refractivity contribution in [3.8, 4) is 11.1 Å². The molecule has 0 aliphatic carbocycles. The number of rotatable bonds is 8. The average Bonchev–Trinajstić information content (AvgIpc) is 3.15. The van der Waals surface area contributed by atoms with Crippen LogP contribution in [0.4, 0.5) is 11.5 Å². The van der Waals surface area contributed by atoms with Gasteiger partial charge in [0.2, 0.25) is 5.91 Å². The molecule has 0 atom stereocenters. The molecule has 2 aromatic carbocycles. The van der Waals surface area contributed by atoms with E-state index in [0.29, 0.717) is 19.5 Å². The number of nitrogens with zero attached hydrogens (tertiary/aromatic N) is 3. The van der Waals surface area contributed by atoms with Gasteiger partial charge in [-0.2, -0.15) is 0 Å². The number of thiophene rings is 1. The van der Waals surface area contributed by atoms with Crippen molar-refractivity contribution in [2.75, 3.05) is 23.3 Å². The fourth-order valence-corrected chi connectivity index (χ4v) is 4.84. The van der Waals surface area contributed by atoms with Crippen LogP contribution in [0.15, 0.2) is 67.0 Å². The van der Waals surface area contributed by atoms with Crippen LogP contribution in [0.1, 0.15) is 24.6 Å². The zero-order valence-corrected chi connectivity index (χ0v) is 18.7. The third kappa shape index (κ3) is 4.59. The number of fused-ring (bicyclic) bond motifs is 1. The van der Waals surface area contributed by atoms with E-state index in [1.54, 1.807) is 17.7 Å². The first kappa shape index (κ1) is 21.0. The lowest BCUT2D eigenvalue weighted by molar-refractivity contribution is -0.118. The van der Waals surface area contributed by atoms with Crippen molar-refractivity contribution >= 4 is 39.0 Å². The largest absolute Gasteiger partial charge is 0.369 e. The van der Waals surface area contributed by atoms with Gasteiger partial charge in [0.05, 0.1) is 5.39 Å². The van der Waals surface area contributed by atoms with Gasteiger partial charge in [-0.05, 0) is 38.0 Å². The first-order valence-electron chi connectivity index (χ1n) is 10.6. The van der Waals surface area contributed by atoms with Gasteiger partial charge in [-0.1, -0.05) is 48.5 Å². The van der Waals surface area contributed by atoms with Crippen molar-refractivity contribution in [3.63, 3.8) is 0 Å². The minimum Gasteiger partial charge on any atom is -0.369 e. The van der Waals surface area contributed by atoms with Crippen LogP contribution < -0.4 is 10.2 Å². The van der Waals surface area contributed by atoms with E-state index in [0.717, 1.165) is 28.1 Å². The second-order valence-corrected chi connectivity index (χ2v) is 8.51. The summed E-state index contributed by atoms with van der Waals surface area (Å²) in [4.78, 5) is 25.7. The summed E-state index contributed by atoms with van der Waals surface area (Å²) in [6.45, 7) is 5.47. The van der Waals surface area contributed by atoms with Crippen LogP contribution in [0.3, 0.4) is 0 Å². The Labute approximate surface area is 186 Å². The number of benzene rings is 2. The maximum atomic E-state index is 12.7. The summed E-state index contributed by atoms with van der Waals surface area (Å²) in [5.41, 5.74) is 3.29. The van der Waals surface area contributed by atoms with Crippen molar-refractivity contribution in [2.45, 2.75) is 26.7 Å². The van der Waals surface area contributed by atoms with Crippen molar-refractivity contribution < 1.29 is 4.79 Å². The molecule has 5 nitrogen and oxygen atoms in total. The summed E-state index contributed by atoms with van der Waals surface area (Å²) in [5, 5.41) is 4.51. The smallest absolute Gasteiger partial charge is 0.227 e. The molecule has 2 aromatic heterocycles. The van der Waals surface area contributed by atoms with E-state index in [-0.39, 0.29) is 5.91 Å². The fraction of sp³-hybridized carbons (Fsp3) is 0.240. The van der Waals surface area contributed by atoms with Crippen molar-refractivity contribution in [3.05, 3.63) is 71.9 Å². The summed E-state index contributed by atoms with van der Waals surface area (Å²) in [6.07, 6.45) is 2.82. The first-order valence-corrected chi connectivity index (χ1v) is 11.4. The molecule has 31 heavy (non-hydrogen) atoms. The lowest BCUT2D eigenvalue weighted by atomic mass is 10.0. The van der Waals surface area contributed by atoms with Crippen LogP contribution >= 0.6 is 11.3 Å². The number of anilines is 2. The second-order valence-electron chi connectivity index (χ2n) is 7.31. The molecule has 4 aromatic rings. The molecule has 0 spiro atoms. The Hall–Kier alpha value is -3.25.